The quantitative estimate of drug-likeness (QED) is 0.644. The van der Waals surface area contributed by atoms with Crippen LogP contribution in [0.1, 0.15) is 22.3 Å². The van der Waals surface area contributed by atoms with E-state index in [4.69, 9.17) is 5.73 Å². The highest BCUT2D eigenvalue weighted by molar-refractivity contribution is 5.99. The summed E-state index contributed by atoms with van der Waals surface area (Å²) in [6.45, 7) is 0.0339. The number of rotatable bonds is 2. The van der Waals surface area contributed by atoms with E-state index in [1.807, 2.05) is 0 Å². The number of nitrogens with two attached hydrogens (primary N) is 1. The van der Waals surface area contributed by atoms with Crippen LogP contribution in [0.25, 0.3) is 0 Å². The van der Waals surface area contributed by atoms with E-state index in [0.717, 1.165) is 0 Å². The summed E-state index contributed by atoms with van der Waals surface area (Å²) in [7, 11) is 1.26. The third-order valence-corrected chi connectivity index (χ3v) is 4.10. The molecule has 1 aromatic carbocycles. The van der Waals surface area contributed by atoms with E-state index in [1.165, 1.54) is 12.0 Å². The first-order valence-corrected chi connectivity index (χ1v) is 6.38. The summed E-state index contributed by atoms with van der Waals surface area (Å²) >= 11 is 0. The van der Waals surface area contributed by atoms with Crippen LogP contribution in [-0.4, -0.2) is 43.1 Å². The number of fused-ring (bicyclic) bond motifs is 2. The number of nitrogen functional groups attached to an aromatic ring is 1. The van der Waals surface area contributed by atoms with Crippen LogP contribution in [0.4, 0.5) is 10.1 Å². The molecule has 1 aromatic rings. The van der Waals surface area contributed by atoms with Crippen molar-refractivity contribution in [3.63, 3.8) is 0 Å². The van der Waals surface area contributed by atoms with Gasteiger partial charge < -0.3 is 15.4 Å². The van der Waals surface area contributed by atoms with E-state index < -0.39 is 17.6 Å². The van der Waals surface area contributed by atoms with Crippen molar-refractivity contribution in [3.05, 3.63) is 29.3 Å². The Morgan fingerprint density at radius 3 is 2.90 bits per heavy atom. The lowest BCUT2D eigenvalue weighted by molar-refractivity contribution is -0.141. The maximum atomic E-state index is 13.9. The molecule has 106 valence electrons. The van der Waals surface area contributed by atoms with Gasteiger partial charge in [-0.15, -0.1) is 0 Å². The van der Waals surface area contributed by atoms with E-state index in [9.17, 15) is 14.0 Å². The predicted octanol–water partition coefficient (Wildman–Crippen LogP) is 0.877. The van der Waals surface area contributed by atoms with Gasteiger partial charge in [0.05, 0.1) is 7.11 Å². The lowest BCUT2D eigenvalue weighted by Crippen LogP contribution is -2.46. The summed E-state index contributed by atoms with van der Waals surface area (Å²) < 4.78 is 18.5. The molecule has 1 aliphatic carbocycles. The summed E-state index contributed by atoms with van der Waals surface area (Å²) in [5.74, 6) is -0.793. The Morgan fingerprint density at radius 2 is 2.30 bits per heavy atom. The molecule has 6 heteroatoms. The first-order valence-electron chi connectivity index (χ1n) is 6.38. The smallest absolute Gasteiger partial charge is 0.325 e. The van der Waals surface area contributed by atoms with Gasteiger partial charge in [-0.1, -0.05) is 0 Å². The number of benzene rings is 1. The van der Waals surface area contributed by atoms with Crippen molar-refractivity contribution in [2.75, 3.05) is 25.9 Å². The second-order valence-corrected chi connectivity index (χ2v) is 5.37. The minimum atomic E-state index is -1.00. The standard InChI is InChI=1S/C14H15FN2O3/c1-20-12(18)6-17-7-14(5-11(14)15)10-4-8(16)2-3-9(10)13(17)19/h2-4,11H,5-7,16H2,1H3/t11-,14-/m0/s1. The Labute approximate surface area is 115 Å². The summed E-state index contributed by atoms with van der Waals surface area (Å²) in [4.78, 5) is 25.1. The first kappa shape index (κ1) is 12.9. The van der Waals surface area contributed by atoms with Gasteiger partial charge in [0, 0.05) is 23.2 Å². The number of nitrogens with zero attached hydrogens (tertiary/aromatic N) is 1. The van der Waals surface area contributed by atoms with Crippen LogP contribution >= 0.6 is 0 Å². The highest BCUT2D eigenvalue weighted by Crippen LogP contribution is 2.54. The van der Waals surface area contributed by atoms with E-state index in [1.54, 1.807) is 18.2 Å². The van der Waals surface area contributed by atoms with E-state index >= 15 is 0 Å². The number of hydrogen-bond donors (Lipinski definition) is 1. The van der Waals surface area contributed by atoms with Gasteiger partial charge in [0.25, 0.3) is 5.91 Å². The summed E-state index contributed by atoms with van der Waals surface area (Å²) in [6, 6.07) is 4.88. The minimum Gasteiger partial charge on any atom is -0.468 e. The zero-order chi connectivity index (χ0) is 14.5. The molecule has 1 spiro atoms. The van der Waals surface area contributed by atoms with Crippen LogP contribution < -0.4 is 5.73 Å². The molecule has 2 atom stereocenters. The molecule has 1 heterocycles. The van der Waals surface area contributed by atoms with Crippen molar-refractivity contribution >= 4 is 17.6 Å². The Morgan fingerprint density at radius 1 is 1.60 bits per heavy atom. The van der Waals surface area contributed by atoms with Crippen molar-refractivity contribution in [1.82, 2.24) is 4.90 Å². The number of esters is 1. The second-order valence-electron chi connectivity index (χ2n) is 5.37. The molecule has 0 aromatic heterocycles. The second kappa shape index (κ2) is 4.19. The van der Waals surface area contributed by atoms with Crippen LogP contribution in [0.15, 0.2) is 18.2 Å². The molecule has 0 saturated heterocycles. The normalized spacial score (nSPS) is 27.4. The number of methoxy groups -OCH3 is 1. The first-order chi connectivity index (χ1) is 9.48. The molecule has 1 aliphatic heterocycles. The lowest BCUT2D eigenvalue weighted by Gasteiger charge is -2.34. The summed E-state index contributed by atoms with van der Waals surface area (Å²) in [6.07, 6.45) is -0.648. The monoisotopic (exact) mass is 278 g/mol. The number of ether oxygens (including phenoxy) is 1. The van der Waals surface area contributed by atoms with Gasteiger partial charge in [0.1, 0.15) is 12.7 Å². The van der Waals surface area contributed by atoms with Crippen molar-refractivity contribution < 1.29 is 18.7 Å². The van der Waals surface area contributed by atoms with Gasteiger partial charge in [-0.2, -0.15) is 0 Å². The van der Waals surface area contributed by atoms with Gasteiger partial charge in [-0.25, -0.2) is 4.39 Å². The SMILES string of the molecule is COC(=O)CN1C[C@@]2(C[C@@H]2F)c2cc(N)ccc2C1=O. The maximum Gasteiger partial charge on any atom is 0.325 e. The van der Waals surface area contributed by atoms with Crippen molar-refractivity contribution in [2.24, 2.45) is 0 Å². The molecule has 3 rings (SSSR count). The van der Waals surface area contributed by atoms with Gasteiger partial charge in [-0.3, -0.25) is 9.59 Å². The summed E-state index contributed by atoms with van der Waals surface area (Å²) in [5.41, 5.74) is 6.63. The zero-order valence-corrected chi connectivity index (χ0v) is 11.1. The molecule has 5 nitrogen and oxygen atoms in total. The third-order valence-electron chi connectivity index (χ3n) is 4.10. The number of carbonyl (C=O) groups is 2. The Bertz CT molecular complexity index is 604. The van der Waals surface area contributed by atoms with Crippen LogP contribution in [-0.2, 0) is 14.9 Å². The van der Waals surface area contributed by atoms with E-state index in [-0.39, 0.29) is 19.0 Å². The van der Waals surface area contributed by atoms with Crippen molar-refractivity contribution in [2.45, 2.75) is 18.0 Å². The molecule has 0 unspecified atom stereocenters. The third kappa shape index (κ3) is 1.75. The molecular formula is C14H15FN2O3. The van der Waals surface area contributed by atoms with Crippen LogP contribution in [0.3, 0.4) is 0 Å². The zero-order valence-electron chi connectivity index (χ0n) is 11.1. The van der Waals surface area contributed by atoms with Gasteiger partial charge >= 0.3 is 5.97 Å². The molecule has 1 saturated carbocycles. The fourth-order valence-electron chi connectivity index (χ4n) is 2.88. The average molecular weight is 278 g/mol. The Kier molecular flexibility index (Phi) is 2.70. The number of hydrogen-bond acceptors (Lipinski definition) is 4. The van der Waals surface area contributed by atoms with Gasteiger partial charge in [-0.05, 0) is 30.2 Å². The molecule has 2 N–H and O–H groups in total. The molecule has 2 aliphatic rings. The largest absolute Gasteiger partial charge is 0.468 e. The predicted molar refractivity (Wildman–Crippen MR) is 70.0 cm³/mol. The highest BCUT2D eigenvalue weighted by Gasteiger charge is 2.61. The number of carbonyl (C=O) groups excluding carboxylic acids is 2. The molecule has 1 amide bonds. The van der Waals surface area contributed by atoms with Crippen LogP contribution in [0.5, 0.6) is 0 Å². The van der Waals surface area contributed by atoms with Gasteiger partial charge in [0.15, 0.2) is 0 Å². The fourth-order valence-corrected chi connectivity index (χ4v) is 2.88. The minimum absolute atomic E-state index is 0.159. The molecule has 0 bridgehead atoms. The van der Waals surface area contributed by atoms with Gasteiger partial charge in [0.2, 0.25) is 0 Å². The number of halogens is 1. The summed E-state index contributed by atoms with van der Waals surface area (Å²) in [5, 5.41) is 0. The number of anilines is 1. The highest BCUT2D eigenvalue weighted by atomic mass is 19.1. The molecule has 20 heavy (non-hydrogen) atoms. The van der Waals surface area contributed by atoms with Crippen molar-refractivity contribution in [1.29, 1.82) is 0 Å². The topological polar surface area (TPSA) is 72.6 Å². The van der Waals surface area contributed by atoms with Crippen molar-refractivity contribution in [3.8, 4) is 0 Å². The number of alkyl halides is 1. The molecule has 0 radical (unpaired) electrons. The van der Waals surface area contributed by atoms with E-state index in [2.05, 4.69) is 4.74 Å². The van der Waals surface area contributed by atoms with Crippen LogP contribution in [0.2, 0.25) is 0 Å². The Hall–Kier alpha value is -2.11. The van der Waals surface area contributed by atoms with E-state index in [0.29, 0.717) is 23.2 Å². The van der Waals surface area contributed by atoms with Crippen LogP contribution in [0, 0.1) is 0 Å². The average Bonchev–Trinajstić information content (AvgIpc) is 3.06. The number of amides is 1. The maximum absolute atomic E-state index is 13.9. The fraction of sp³-hybridized carbons (Fsp3) is 0.429. The molecular weight excluding hydrogens is 263 g/mol. The lowest BCUT2D eigenvalue weighted by atomic mass is 9.86. The Balaban J connectivity index is 2.01. The molecule has 1 fully saturated rings.